The van der Waals surface area contributed by atoms with E-state index < -0.39 is 0 Å². The summed E-state index contributed by atoms with van der Waals surface area (Å²) in [5.74, 6) is 0.400. The Morgan fingerprint density at radius 1 is 0.933 bits per heavy atom. The monoisotopic (exact) mass is 405 g/mol. The Bertz CT molecular complexity index is 1090. The fourth-order valence-electron chi connectivity index (χ4n) is 3.20. The van der Waals surface area contributed by atoms with E-state index in [9.17, 15) is 4.79 Å². The van der Waals surface area contributed by atoms with Gasteiger partial charge >= 0.3 is 5.97 Å². The first-order valence-electron chi connectivity index (χ1n) is 9.07. The van der Waals surface area contributed by atoms with Gasteiger partial charge in [0, 0.05) is 17.5 Å². The number of aromatic nitrogens is 2. The Morgan fingerprint density at radius 3 is 2.33 bits per heavy atom. The summed E-state index contributed by atoms with van der Waals surface area (Å²) in [6.45, 7) is 1.01. The SMILES string of the molecule is C.C.COC(=O)c1cc2cc(OCc3ccccc3)ccc2n1C[n+]1ccccc1. The van der Waals surface area contributed by atoms with E-state index in [0.29, 0.717) is 19.0 Å². The van der Waals surface area contributed by atoms with Gasteiger partial charge in [0.2, 0.25) is 6.67 Å². The molecule has 0 N–H and O–H groups in total. The van der Waals surface area contributed by atoms with Gasteiger partial charge in [0.05, 0.1) is 12.6 Å². The highest BCUT2D eigenvalue weighted by Gasteiger charge is 2.19. The Morgan fingerprint density at radius 2 is 1.63 bits per heavy atom. The highest BCUT2D eigenvalue weighted by atomic mass is 16.5. The van der Waals surface area contributed by atoms with Gasteiger partial charge in [0.1, 0.15) is 18.1 Å². The third-order valence-corrected chi connectivity index (χ3v) is 4.60. The topological polar surface area (TPSA) is 44.3 Å². The van der Waals surface area contributed by atoms with E-state index in [-0.39, 0.29) is 20.8 Å². The van der Waals surface area contributed by atoms with Crippen LogP contribution in [0.2, 0.25) is 0 Å². The van der Waals surface area contributed by atoms with Gasteiger partial charge in [-0.3, -0.25) is 4.57 Å². The standard InChI is InChI=1S/C23H21N2O3.2CH4/c1-27-23(26)22-15-19-14-20(28-16-18-8-4-2-5-9-18)10-11-21(19)25(22)17-24-12-6-3-7-13-24;;/h2-15H,16-17H2,1H3;2*1H4/q+1;;. The summed E-state index contributed by atoms with van der Waals surface area (Å²) in [6.07, 6.45) is 3.93. The number of carbonyl (C=O) groups is 1. The maximum atomic E-state index is 12.3. The molecule has 0 unspecified atom stereocenters. The van der Waals surface area contributed by atoms with Gasteiger partial charge in [-0.25, -0.2) is 4.79 Å². The molecule has 0 spiro atoms. The third kappa shape index (κ3) is 4.87. The van der Waals surface area contributed by atoms with Gasteiger partial charge in [0.15, 0.2) is 12.4 Å². The number of hydrogen-bond acceptors (Lipinski definition) is 3. The quantitative estimate of drug-likeness (QED) is 0.332. The molecule has 2 aromatic carbocycles. The minimum atomic E-state index is -0.362. The number of rotatable bonds is 6. The van der Waals surface area contributed by atoms with Crippen molar-refractivity contribution in [2.75, 3.05) is 7.11 Å². The summed E-state index contributed by atoms with van der Waals surface area (Å²) >= 11 is 0. The van der Waals surface area contributed by atoms with E-state index in [1.807, 2.05) is 94.3 Å². The molecule has 0 aliphatic heterocycles. The van der Waals surface area contributed by atoms with Crippen LogP contribution in [0.5, 0.6) is 5.75 Å². The summed E-state index contributed by atoms with van der Waals surface area (Å²) in [6, 6.07) is 23.6. The van der Waals surface area contributed by atoms with Crippen LogP contribution in [0.25, 0.3) is 10.9 Å². The molecule has 2 aromatic heterocycles. The molecule has 0 amide bonds. The van der Waals surface area contributed by atoms with Gasteiger partial charge in [-0.2, -0.15) is 4.57 Å². The van der Waals surface area contributed by atoms with E-state index in [4.69, 9.17) is 9.47 Å². The molecule has 4 rings (SSSR count). The molecule has 156 valence electrons. The summed E-state index contributed by atoms with van der Waals surface area (Å²) < 4.78 is 14.9. The van der Waals surface area contributed by atoms with Crippen molar-refractivity contribution in [3.8, 4) is 5.75 Å². The van der Waals surface area contributed by atoms with E-state index >= 15 is 0 Å². The van der Waals surface area contributed by atoms with E-state index in [2.05, 4.69) is 0 Å². The van der Waals surface area contributed by atoms with Crippen molar-refractivity contribution in [1.82, 2.24) is 4.57 Å². The normalized spacial score (nSPS) is 10.0. The average Bonchev–Trinajstić information content (AvgIpc) is 3.11. The number of pyridine rings is 1. The summed E-state index contributed by atoms with van der Waals surface area (Å²) in [4.78, 5) is 12.3. The lowest BCUT2D eigenvalue weighted by atomic mass is 10.2. The smallest absolute Gasteiger partial charge is 0.354 e. The number of methoxy groups -OCH3 is 1. The number of benzene rings is 2. The zero-order chi connectivity index (χ0) is 19.3. The van der Waals surface area contributed by atoms with Gasteiger partial charge in [-0.05, 0) is 29.8 Å². The molecule has 0 saturated carbocycles. The molecule has 0 atom stereocenters. The highest BCUT2D eigenvalue weighted by molar-refractivity contribution is 5.96. The maximum Gasteiger partial charge on any atom is 0.354 e. The van der Waals surface area contributed by atoms with Crippen LogP contribution in [-0.2, 0) is 18.0 Å². The predicted octanol–water partition coefficient (Wildman–Crippen LogP) is 5.07. The van der Waals surface area contributed by atoms with E-state index in [0.717, 1.165) is 22.2 Å². The number of carbonyl (C=O) groups excluding carboxylic acids is 1. The van der Waals surface area contributed by atoms with Crippen molar-refractivity contribution in [2.24, 2.45) is 0 Å². The Balaban J connectivity index is 0.00000160. The number of esters is 1. The average molecular weight is 406 g/mol. The van der Waals surface area contributed by atoms with Crippen LogP contribution in [0, 0.1) is 0 Å². The van der Waals surface area contributed by atoms with Crippen molar-refractivity contribution in [2.45, 2.75) is 28.1 Å². The van der Waals surface area contributed by atoms with Crippen LogP contribution >= 0.6 is 0 Å². The van der Waals surface area contributed by atoms with Crippen molar-refractivity contribution in [3.63, 3.8) is 0 Å². The van der Waals surface area contributed by atoms with Crippen molar-refractivity contribution in [1.29, 1.82) is 0 Å². The second-order valence-electron chi connectivity index (χ2n) is 6.48. The Labute approximate surface area is 178 Å². The lowest BCUT2D eigenvalue weighted by Gasteiger charge is -2.08. The minimum absolute atomic E-state index is 0. The first kappa shape index (κ1) is 22.7. The fraction of sp³-hybridized carbons (Fsp3) is 0.200. The molecule has 5 heteroatoms. The lowest BCUT2D eigenvalue weighted by Crippen LogP contribution is -2.37. The minimum Gasteiger partial charge on any atom is -0.489 e. The van der Waals surface area contributed by atoms with Crippen molar-refractivity contribution >= 4 is 16.9 Å². The number of ether oxygens (including phenoxy) is 2. The predicted molar refractivity (Wildman–Crippen MR) is 120 cm³/mol. The Kier molecular flexibility index (Phi) is 7.76. The summed E-state index contributed by atoms with van der Waals surface area (Å²) in [5.41, 5.74) is 2.56. The molecule has 0 aliphatic carbocycles. The van der Waals surface area contributed by atoms with Crippen LogP contribution < -0.4 is 9.30 Å². The molecule has 5 nitrogen and oxygen atoms in total. The largest absolute Gasteiger partial charge is 0.489 e. The van der Waals surface area contributed by atoms with Crippen LogP contribution in [0.3, 0.4) is 0 Å². The molecule has 0 saturated heterocycles. The molecule has 2 heterocycles. The van der Waals surface area contributed by atoms with Gasteiger partial charge in [-0.1, -0.05) is 51.3 Å². The first-order valence-corrected chi connectivity index (χ1v) is 9.07. The zero-order valence-electron chi connectivity index (χ0n) is 15.6. The molecule has 0 fully saturated rings. The van der Waals surface area contributed by atoms with Crippen LogP contribution in [0.15, 0.2) is 85.2 Å². The van der Waals surface area contributed by atoms with Gasteiger partial charge in [-0.15, -0.1) is 0 Å². The number of nitrogens with zero attached hydrogens (tertiary/aromatic N) is 2. The van der Waals surface area contributed by atoms with E-state index in [1.54, 1.807) is 0 Å². The Hall–Kier alpha value is -3.60. The number of fused-ring (bicyclic) bond motifs is 1. The van der Waals surface area contributed by atoms with Gasteiger partial charge < -0.3 is 9.47 Å². The zero-order valence-corrected chi connectivity index (χ0v) is 15.6. The molecular weight excluding hydrogens is 376 g/mol. The number of hydrogen-bond donors (Lipinski definition) is 0. The van der Waals surface area contributed by atoms with Crippen molar-refractivity contribution < 1.29 is 18.8 Å². The van der Waals surface area contributed by atoms with Crippen molar-refractivity contribution in [3.05, 3.63) is 96.4 Å². The molecular formula is C25H29N2O3+. The van der Waals surface area contributed by atoms with E-state index in [1.165, 1.54) is 7.11 Å². The molecule has 30 heavy (non-hydrogen) atoms. The molecule has 4 aromatic rings. The third-order valence-electron chi connectivity index (χ3n) is 4.60. The molecule has 0 bridgehead atoms. The highest BCUT2D eigenvalue weighted by Crippen LogP contribution is 2.25. The lowest BCUT2D eigenvalue weighted by molar-refractivity contribution is -0.701. The molecule has 0 aliphatic rings. The summed E-state index contributed by atoms with van der Waals surface area (Å²) in [5, 5.41) is 0.933. The van der Waals surface area contributed by atoms with Crippen LogP contribution in [-0.4, -0.2) is 17.6 Å². The second-order valence-corrected chi connectivity index (χ2v) is 6.48. The molecule has 0 radical (unpaired) electrons. The van der Waals surface area contributed by atoms with Crippen LogP contribution in [0.1, 0.15) is 30.9 Å². The van der Waals surface area contributed by atoms with Crippen LogP contribution in [0.4, 0.5) is 0 Å². The first-order chi connectivity index (χ1) is 13.7. The second kappa shape index (κ2) is 10.3. The van der Waals surface area contributed by atoms with Gasteiger partial charge in [0.25, 0.3) is 0 Å². The maximum absolute atomic E-state index is 12.3. The fourth-order valence-corrected chi connectivity index (χ4v) is 3.20. The summed E-state index contributed by atoms with van der Waals surface area (Å²) in [7, 11) is 1.40.